The van der Waals surface area contributed by atoms with Gasteiger partial charge in [0.2, 0.25) is 0 Å². The standard InChI is InChI=1S/C5H4N4O/c6-1-4-3(7)2-8-5(10)9-4/h2H,7H2,(H,8,9,10). The number of H-pyrrole nitrogens is 1. The molecule has 0 aliphatic heterocycles. The fourth-order valence-corrected chi connectivity index (χ4v) is 0.497. The highest BCUT2D eigenvalue weighted by Gasteiger charge is 1.96. The van der Waals surface area contributed by atoms with E-state index in [2.05, 4.69) is 9.97 Å². The summed E-state index contributed by atoms with van der Waals surface area (Å²) in [6.45, 7) is 0. The molecule has 0 atom stereocenters. The van der Waals surface area contributed by atoms with Crippen molar-refractivity contribution in [3.63, 3.8) is 0 Å². The molecular weight excluding hydrogens is 132 g/mol. The predicted octanol–water partition coefficient (Wildman–Crippen LogP) is -0.776. The molecule has 0 unspecified atom stereocenters. The van der Waals surface area contributed by atoms with E-state index in [-0.39, 0.29) is 11.4 Å². The summed E-state index contributed by atoms with van der Waals surface area (Å²) in [7, 11) is 0. The van der Waals surface area contributed by atoms with Crippen LogP contribution in [0, 0.1) is 11.3 Å². The van der Waals surface area contributed by atoms with Crippen molar-refractivity contribution in [1.29, 1.82) is 5.26 Å². The number of nitrogens with zero attached hydrogens (tertiary/aromatic N) is 2. The van der Waals surface area contributed by atoms with Crippen LogP contribution >= 0.6 is 0 Å². The lowest BCUT2D eigenvalue weighted by atomic mass is 10.4. The van der Waals surface area contributed by atoms with Gasteiger partial charge in [-0.3, -0.25) is 4.98 Å². The van der Waals surface area contributed by atoms with Crippen LogP contribution in [0.5, 0.6) is 0 Å². The lowest BCUT2D eigenvalue weighted by molar-refractivity contribution is 1.06. The number of aromatic amines is 1. The molecular formula is C5H4N4O. The van der Waals surface area contributed by atoms with E-state index in [1.807, 2.05) is 0 Å². The second kappa shape index (κ2) is 2.19. The van der Waals surface area contributed by atoms with Gasteiger partial charge in [-0.25, -0.2) is 4.79 Å². The lowest BCUT2D eigenvalue weighted by Gasteiger charge is -1.90. The van der Waals surface area contributed by atoms with Gasteiger partial charge in [0.25, 0.3) is 0 Å². The first-order valence-electron chi connectivity index (χ1n) is 2.49. The molecule has 0 saturated carbocycles. The molecule has 0 aliphatic carbocycles. The maximum atomic E-state index is 10.4. The van der Waals surface area contributed by atoms with Crippen molar-refractivity contribution in [2.24, 2.45) is 0 Å². The van der Waals surface area contributed by atoms with Gasteiger partial charge >= 0.3 is 5.69 Å². The number of nitrogens with one attached hydrogen (secondary N) is 1. The summed E-state index contributed by atoms with van der Waals surface area (Å²) in [5, 5.41) is 8.31. The zero-order valence-corrected chi connectivity index (χ0v) is 4.96. The summed E-state index contributed by atoms with van der Waals surface area (Å²) < 4.78 is 0. The molecule has 50 valence electrons. The zero-order chi connectivity index (χ0) is 7.56. The highest BCUT2D eigenvalue weighted by atomic mass is 16.1. The Morgan fingerprint density at radius 3 is 3.00 bits per heavy atom. The fourth-order valence-electron chi connectivity index (χ4n) is 0.497. The number of nitriles is 1. The van der Waals surface area contributed by atoms with Crippen molar-refractivity contribution >= 4 is 5.69 Å². The molecule has 0 radical (unpaired) electrons. The topological polar surface area (TPSA) is 95.6 Å². The van der Waals surface area contributed by atoms with Gasteiger partial charge in [-0.15, -0.1) is 0 Å². The SMILES string of the molecule is N#Cc1[nH]c(=O)ncc1N. The molecule has 0 spiro atoms. The Kier molecular flexibility index (Phi) is 1.38. The second-order valence-corrected chi connectivity index (χ2v) is 1.63. The van der Waals surface area contributed by atoms with E-state index < -0.39 is 5.69 Å². The van der Waals surface area contributed by atoms with Crippen molar-refractivity contribution < 1.29 is 0 Å². The van der Waals surface area contributed by atoms with E-state index in [0.29, 0.717) is 0 Å². The number of nitrogens with two attached hydrogens (primary N) is 1. The fraction of sp³-hybridized carbons (Fsp3) is 0. The summed E-state index contributed by atoms with van der Waals surface area (Å²) in [4.78, 5) is 15.9. The van der Waals surface area contributed by atoms with Gasteiger partial charge in [0.15, 0.2) is 0 Å². The van der Waals surface area contributed by atoms with Crippen LogP contribution in [0.3, 0.4) is 0 Å². The first-order chi connectivity index (χ1) is 4.74. The van der Waals surface area contributed by atoms with Crippen LogP contribution in [0.2, 0.25) is 0 Å². The van der Waals surface area contributed by atoms with E-state index in [4.69, 9.17) is 11.0 Å². The van der Waals surface area contributed by atoms with E-state index in [1.165, 1.54) is 0 Å². The molecule has 5 nitrogen and oxygen atoms in total. The van der Waals surface area contributed by atoms with Gasteiger partial charge in [0.1, 0.15) is 11.8 Å². The number of hydrogen-bond acceptors (Lipinski definition) is 4. The minimum Gasteiger partial charge on any atom is -0.395 e. The average molecular weight is 136 g/mol. The molecule has 10 heavy (non-hydrogen) atoms. The monoisotopic (exact) mass is 136 g/mol. The molecule has 1 rings (SSSR count). The molecule has 1 aromatic heterocycles. The first kappa shape index (κ1) is 6.29. The van der Waals surface area contributed by atoms with E-state index in [1.54, 1.807) is 6.07 Å². The van der Waals surface area contributed by atoms with Crippen LogP contribution in [0.25, 0.3) is 0 Å². The number of rotatable bonds is 0. The van der Waals surface area contributed by atoms with Gasteiger partial charge in [0, 0.05) is 0 Å². The van der Waals surface area contributed by atoms with Crippen LogP contribution in [0.15, 0.2) is 11.0 Å². The Bertz CT molecular complexity index is 334. The van der Waals surface area contributed by atoms with Crippen LogP contribution in [-0.4, -0.2) is 9.97 Å². The quantitative estimate of drug-likeness (QED) is 0.489. The number of nitrogen functional groups attached to an aromatic ring is 1. The van der Waals surface area contributed by atoms with Gasteiger partial charge in [-0.1, -0.05) is 0 Å². The lowest BCUT2D eigenvalue weighted by Crippen LogP contribution is -2.12. The Balaban J connectivity index is 3.40. The summed E-state index contributed by atoms with van der Waals surface area (Å²) in [5.74, 6) is 0. The van der Waals surface area contributed by atoms with Crippen molar-refractivity contribution in [1.82, 2.24) is 9.97 Å². The third-order valence-electron chi connectivity index (χ3n) is 0.953. The van der Waals surface area contributed by atoms with E-state index >= 15 is 0 Å². The van der Waals surface area contributed by atoms with Crippen molar-refractivity contribution in [3.05, 3.63) is 22.4 Å². The van der Waals surface area contributed by atoms with Crippen LogP contribution in [-0.2, 0) is 0 Å². The first-order valence-corrected chi connectivity index (χ1v) is 2.49. The summed E-state index contributed by atoms with van der Waals surface area (Å²) >= 11 is 0. The van der Waals surface area contributed by atoms with Gasteiger partial charge < -0.3 is 5.73 Å². The molecule has 0 aromatic carbocycles. The largest absolute Gasteiger partial charge is 0.395 e. The Morgan fingerprint density at radius 1 is 1.80 bits per heavy atom. The molecule has 0 aliphatic rings. The molecule has 1 heterocycles. The van der Waals surface area contributed by atoms with Crippen LogP contribution < -0.4 is 11.4 Å². The number of anilines is 1. The molecule has 5 heteroatoms. The summed E-state index contributed by atoms with van der Waals surface area (Å²) in [6.07, 6.45) is 1.15. The van der Waals surface area contributed by atoms with Crippen molar-refractivity contribution in [2.75, 3.05) is 5.73 Å². The third-order valence-corrected chi connectivity index (χ3v) is 0.953. The van der Waals surface area contributed by atoms with Crippen LogP contribution in [0.4, 0.5) is 5.69 Å². The average Bonchev–Trinajstić information content (AvgIpc) is 1.94. The van der Waals surface area contributed by atoms with Gasteiger partial charge in [-0.2, -0.15) is 10.2 Å². The zero-order valence-electron chi connectivity index (χ0n) is 4.96. The van der Waals surface area contributed by atoms with Crippen molar-refractivity contribution in [2.45, 2.75) is 0 Å². The molecule has 0 amide bonds. The van der Waals surface area contributed by atoms with E-state index in [9.17, 15) is 4.79 Å². The Morgan fingerprint density at radius 2 is 2.50 bits per heavy atom. The smallest absolute Gasteiger partial charge is 0.346 e. The number of aromatic nitrogens is 2. The minimum atomic E-state index is -0.564. The van der Waals surface area contributed by atoms with Gasteiger partial charge in [-0.05, 0) is 0 Å². The minimum absolute atomic E-state index is 0.0556. The van der Waals surface area contributed by atoms with E-state index in [0.717, 1.165) is 6.20 Å². The maximum Gasteiger partial charge on any atom is 0.346 e. The number of hydrogen-bond donors (Lipinski definition) is 2. The predicted molar refractivity (Wildman–Crippen MR) is 34.0 cm³/mol. The maximum absolute atomic E-state index is 10.4. The molecule has 0 bridgehead atoms. The molecule has 3 N–H and O–H groups in total. The molecule has 1 aromatic rings. The second-order valence-electron chi connectivity index (χ2n) is 1.63. The van der Waals surface area contributed by atoms with Crippen molar-refractivity contribution in [3.8, 4) is 6.07 Å². The Labute approximate surface area is 56.1 Å². The third kappa shape index (κ3) is 0.951. The summed E-state index contributed by atoms with van der Waals surface area (Å²) in [5.41, 5.74) is 4.92. The highest BCUT2D eigenvalue weighted by molar-refractivity contribution is 5.46. The Hall–Kier alpha value is -1.83. The highest BCUT2D eigenvalue weighted by Crippen LogP contribution is 1.98. The normalized spacial score (nSPS) is 8.70. The molecule has 0 fully saturated rings. The van der Waals surface area contributed by atoms with Crippen LogP contribution in [0.1, 0.15) is 5.69 Å². The summed E-state index contributed by atoms with van der Waals surface area (Å²) in [6, 6.07) is 1.72. The molecule has 0 saturated heterocycles. The van der Waals surface area contributed by atoms with Gasteiger partial charge in [0.05, 0.1) is 11.9 Å².